The van der Waals surface area contributed by atoms with Gasteiger partial charge in [-0.2, -0.15) is 0 Å². The van der Waals surface area contributed by atoms with Crippen molar-refractivity contribution >= 4 is 5.82 Å². The first-order valence-corrected chi connectivity index (χ1v) is 5.06. The summed E-state index contributed by atoms with van der Waals surface area (Å²) >= 11 is 0. The maximum Gasteiger partial charge on any atom is 0.218 e. The molecule has 5 nitrogen and oxygen atoms in total. The summed E-state index contributed by atoms with van der Waals surface area (Å²) in [6, 6.07) is 1.79. The lowest BCUT2D eigenvalue weighted by molar-refractivity contribution is 0.187. The first-order valence-electron chi connectivity index (χ1n) is 5.06. The van der Waals surface area contributed by atoms with Gasteiger partial charge in [0.15, 0.2) is 0 Å². The second-order valence-corrected chi connectivity index (χ2v) is 3.56. The summed E-state index contributed by atoms with van der Waals surface area (Å²) in [7, 11) is 1.59. The summed E-state index contributed by atoms with van der Waals surface area (Å²) in [5, 5.41) is 3.25. The second kappa shape index (κ2) is 4.93. The molecule has 1 N–H and O–H groups in total. The smallest absolute Gasteiger partial charge is 0.218 e. The van der Waals surface area contributed by atoms with Crippen LogP contribution >= 0.6 is 0 Å². The number of methoxy groups -OCH3 is 1. The zero-order valence-corrected chi connectivity index (χ0v) is 8.77. The highest BCUT2D eigenvalue weighted by Gasteiger charge is 2.15. The lowest BCUT2D eigenvalue weighted by Crippen LogP contribution is -2.14. The molecule has 0 aromatic carbocycles. The van der Waals surface area contributed by atoms with Crippen molar-refractivity contribution in [2.45, 2.75) is 6.42 Å². The Balaban J connectivity index is 1.86. The highest BCUT2D eigenvalue weighted by molar-refractivity contribution is 5.36. The maximum atomic E-state index is 5.29. The van der Waals surface area contributed by atoms with Crippen LogP contribution in [0.15, 0.2) is 12.4 Å². The molecule has 0 spiro atoms. The predicted octanol–water partition coefficient (Wildman–Crippen LogP) is 0.934. The fourth-order valence-electron chi connectivity index (χ4n) is 1.54. The first kappa shape index (κ1) is 10.2. The highest BCUT2D eigenvalue weighted by Crippen LogP contribution is 2.14. The summed E-state index contributed by atoms with van der Waals surface area (Å²) in [4.78, 5) is 8.04. The van der Waals surface area contributed by atoms with Crippen LogP contribution in [0.3, 0.4) is 0 Å². The fourth-order valence-corrected chi connectivity index (χ4v) is 1.54. The van der Waals surface area contributed by atoms with Crippen LogP contribution in [0.1, 0.15) is 6.42 Å². The number of hydrogen-bond donors (Lipinski definition) is 1. The molecule has 2 rings (SSSR count). The van der Waals surface area contributed by atoms with Crippen LogP contribution in [0.4, 0.5) is 5.82 Å². The molecule has 0 radical (unpaired) electrons. The third kappa shape index (κ3) is 2.79. The third-order valence-corrected chi connectivity index (χ3v) is 2.45. The SMILES string of the molecule is COc1cc(NCC2CCOC2)ncn1. The summed E-state index contributed by atoms with van der Waals surface area (Å²) in [5.41, 5.74) is 0. The minimum atomic E-state index is 0.579. The molecular formula is C10H15N3O2. The van der Waals surface area contributed by atoms with Crippen molar-refractivity contribution in [3.63, 3.8) is 0 Å². The van der Waals surface area contributed by atoms with Gasteiger partial charge in [-0.1, -0.05) is 0 Å². The van der Waals surface area contributed by atoms with Gasteiger partial charge in [0, 0.05) is 25.1 Å². The Kier molecular flexibility index (Phi) is 3.34. The van der Waals surface area contributed by atoms with Crippen LogP contribution in [-0.4, -0.2) is 36.8 Å². The highest BCUT2D eigenvalue weighted by atomic mass is 16.5. The van der Waals surface area contributed by atoms with Crippen molar-refractivity contribution in [1.82, 2.24) is 9.97 Å². The Labute approximate surface area is 88.8 Å². The van der Waals surface area contributed by atoms with E-state index in [2.05, 4.69) is 15.3 Å². The average molecular weight is 209 g/mol. The quantitative estimate of drug-likeness (QED) is 0.799. The Morgan fingerprint density at radius 1 is 1.60 bits per heavy atom. The van der Waals surface area contributed by atoms with E-state index in [1.165, 1.54) is 6.33 Å². The van der Waals surface area contributed by atoms with Gasteiger partial charge in [0.25, 0.3) is 0 Å². The lowest BCUT2D eigenvalue weighted by Gasteiger charge is -2.09. The van der Waals surface area contributed by atoms with Gasteiger partial charge in [-0.3, -0.25) is 0 Å². The normalized spacial score (nSPS) is 20.2. The van der Waals surface area contributed by atoms with Gasteiger partial charge in [-0.05, 0) is 6.42 Å². The Bertz CT molecular complexity index is 313. The molecule has 2 heterocycles. The van der Waals surface area contributed by atoms with Gasteiger partial charge in [0.05, 0.1) is 13.7 Å². The standard InChI is InChI=1S/C10H15N3O2/c1-14-10-4-9(12-7-13-10)11-5-8-2-3-15-6-8/h4,7-8H,2-3,5-6H2,1H3,(H,11,12,13). The molecule has 1 aliphatic heterocycles. The van der Waals surface area contributed by atoms with E-state index in [1.54, 1.807) is 13.2 Å². The van der Waals surface area contributed by atoms with Gasteiger partial charge >= 0.3 is 0 Å². The van der Waals surface area contributed by atoms with E-state index >= 15 is 0 Å². The molecule has 0 bridgehead atoms. The zero-order chi connectivity index (χ0) is 10.5. The van der Waals surface area contributed by atoms with E-state index in [9.17, 15) is 0 Å². The fraction of sp³-hybridized carbons (Fsp3) is 0.600. The largest absolute Gasteiger partial charge is 0.481 e. The van der Waals surface area contributed by atoms with Gasteiger partial charge in [0.1, 0.15) is 12.1 Å². The van der Waals surface area contributed by atoms with Crippen molar-refractivity contribution in [3.8, 4) is 5.88 Å². The van der Waals surface area contributed by atoms with Crippen LogP contribution in [0.5, 0.6) is 5.88 Å². The molecule has 0 amide bonds. The maximum absolute atomic E-state index is 5.29. The minimum absolute atomic E-state index is 0.579. The van der Waals surface area contributed by atoms with Crippen molar-refractivity contribution < 1.29 is 9.47 Å². The van der Waals surface area contributed by atoms with E-state index in [0.29, 0.717) is 11.8 Å². The zero-order valence-electron chi connectivity index (χ0n) is 8.77. The minimum Gasteiger partial charge on any atom is -0.481 e. The molecule has 1 aliphatic rings. The molecule has 0 aliphatic carbocycles. The Morgan fingerprint density at radius 2 is 2.53 bits per heavy atom. The topological polar surface area (TPSA) is 56.3 Å². The number of nitrogens with one attached hydrogen (secondary N) is 1. The van der Waals surface area contributed by atoms with Crippen molar-refractivity contribution in [2.75, 3.05) is 32.2 Å². The molecule has 5 heteroatoms. The van der Waals surface area contributed by atoms with E-state index in [1.807, 2.05) is 0 Å². The Hall–Kier alpha value is -1.36. The molecule has 1 aromatic heterocycles. The first-order chi connectivity index (χ1) is 7.38. The Morgan fingerprint density at radius 3 is 3.27 bits per heavy atom. The van der Waals surface area contributed by atoms with Crippen molar-refractivity contribution in [2.24, 2.45) is 5.92 Å². The van der Waals surface area contributed by atoms with Gasteiger partial charge in [-0.15, -0.1) is 0 Å². The molecule has 15 heavy (non-hydrogen) atoms. The van der Waals surface area contributed by atoms with Crippen LogP contribution < -0.4 is 10.1 Å². The van der Waals surface area contributed by atoms with Crippen LogP contribution in [-0.2, 0) is 4.74 Å². The molecule has 1 unspecified atom stereocenters. The van der Waals surface area contributed by atoms with E-state index < -0.39 is 0 Å². The number of aromatic nitrogens is 2. The third-order valence-electron chi connectivity index (χ3n) is 2.45. The van der Waals surface area contributed by atoms with Gasteiger partial charge in [0.2, 0.25) is 5.88 Å². The molecule has 1 saturated heterocycles. The summed E-state index contributed by atoms with van der Waals surface area (Å²) < 4.78 is 10.3. The van der Waals surface area contributed by atoms with Crippen molar-refractivity contribution in [3.05, 3.63) is 12.4 Å². The number of ether oxygens (including phenoxy) is 2. The number of rotatable bonds is 4. The molecule has 1 aromatic rings. The number of anilines is 1. The second-order valence-electron chi connectivity index (χ2n) is 3.56. The van der Waals surface area contributed by atoms with Crippen LogP contribution in [0, 0.1) is 5.92 Å². The molecule has 0 saturated carbocycles. The van der Waals surface area contributed by atoms with E-state index in [0.717, 1.165) is 32.0 Å². The van der Waals surface area contributed by atoms with Gasteiger partial charge in [-0.25, -0.2) is 9.97 Å². The number of hydrogen-bond acceptors (Lipinski definition) is 5. The summed E-state index contributed by atoms with van der Waals surface area (Å²) in [6.45, 7) is 2.61. The van der Waals surface area contributed by atoms with Gasteiger partial charge < -0.3 is 14.8 Å². The predicted molar refractivity (Wildman–Crippen MR) is 56.0 cm³/mol. The van der Waals surface area contributed by atoms with Crippen molar-refractivity contribution in [1.29, 1.82) is 0 Å². The molecular weight excluding hydrogens is 194 g/mol. The molecule has 82 valence electrons. The van der Waals surface area contributed by atoms with Crippen LogP contribution in [0.25, 0.3) is 0 Å². The van der Waals surface area contributed by atoms with E-state index in [4.69, 9.17) is 9.47 Å². The molecule has 1 fully saturated rings. The summed E-state index contributed by atoms with van der Waals surface area (Å²) in [6.07, 6.45) is 2.61. The average Bonchev–Trinajstić information content (AvgIpc) is 2.79. The van der Waals surface area contributed by atoms with Crippen LogP contribution in [0.2, 0.25) is 0 Å². The monoisotopic (exact) mass is 209 g/mol. The summed E-state index contributed by atoms with van der Waals surface area (Å²) in [5.74, 6) is 1.97. The van der Waals surface area contributed by atoms with E-state index in [-0.39, 0.29) is 0 Å². The molecule has 1 atom stereocenters. The number of nitrogens with zero attached hydrogens (tertiary/aromatic N) is 2. The lowest BCUT2D eigenvalue weighted by atomic mass is 10.1.